The van der Waals surface area contributed by atoms with E-state index in [1.807, 2.05) is 30.3 Å². The zero-order valence-electron chi connectivity index (χ0n) is 14.2. The fourth-order valence-electron chi connectivity index (χ4n) is 4.12. The predicted molar refractivity (Wildman–Crippen MR) is 103 cm³/mol. The molecule has 1 aliphatic rings. The third-order valence-electron chi connectivity index (χ3n) is 5.28. The van der Waals surface area contributed by atoms with Gasteiger partial charge in [-0.15, -0.1) is 0 Å². The highest BCUT2D eigenvalue weighted by molar-refractivity contribution is 6.08. The van der Waals surface area contributed by atoms with Crippen LogP contribution in [0.25, 0.3) is 32.7 Å². The third kappa shape index (κ3) is 1.96. The predicted octanol–water partition coefficient (Wildman–Crippen LogP) is 5.48. The molecule has 0 aliphatic heterocycles. The van der Waals surface area contributed by atoms with Crippen LogP contribution in [0.4, 0.5) is 5.69 Å². The van der Waals surface area contributed by atoms with Gasteiger partial charge in [0.15, 0.2) is 0 Å². The molecule has 126 valence electrons. The molecule has 4 aromatic carbocycles. The second-order valence-electron chi connectivity index (χ2n) is 6.59. The fraction of sp³-hybridized carbons (Fsp3) is 0.0909. The van der Waals surface area contributed by atoms with E-state index in [1.165, 1.54) is 5.56 Å². The molecule has 0 amide bonds. The lowest BCUT2D eigenvalue weighted by Gasteiger charge is -2.09. The number of nitro benzene ring substituents is 1. The summed E-state index contributed by atoms with van der Waals surface area (Å²) < 4.78 is 5.39. The van der Waals surface area contributed by atoms with Gasteiger partial charge in [-0.1, -0.05) is 36.4 Å². The quantitative estimate of drug-likeness (QED) is 0.315. The Balaban J connectivity index is 1.87. The lowest BCUT2D eigenvalue weighted by molar-refractivity contribution is -0.383. The number of methoxy groups -OCH3 is 1. The normalized spacial score (nSPS) is 12.2. The average Bonchev–Trinajstić information content (AvgIpc) is 3.06. The van der Waals surface area contributed by atoms with Crippen molar-refractivity contribution >= 4 is 27.2 Å². The van der Waals surface area contributed by atoms with E-state index in [9.17, 15) is 10.1 Å². The summed E-state index contributed by atoms with van der Waals surface area (Å²) >= 11 is 0. The molecule has 0 bridgehead atoms. The van der Waals surface area contributed by atoms with Crippen molar-refractivity contribution in [3.8, 4) is 16.9 Å². The third-order valence-corrected chi connectivity index (χ3v) is 5.28. The molecule has 4 nitrogen and oxygen atoms in total. The summed E-state index contributed by atoms with van der Waals surface area (Å²) in [7, 11) is 1.66. The first-order valence-electron chi connectivity index (χ1n) is 8.46. The van der Waals surface area contributed by atoms with Gasteiger partial charge >= 0.3 is 0 Å². The van der Waals surface area contributed by atoms with Crippen molar-refractivity contribution in [3.63, 3.8) is 0 Å². The number of nitrogens with zero attached hydrogens (tertiary/aromatic N) is 1. The number of hydrogen-bond acceptors (Lipinski definition) is 3. The van der Waals surface area contributed by atoms with E-state index in [-0.39, 0.29) is 10.6 Å². The number of benzene rings is 4. The standard InChI is InChI=1S/C22H15NO3/c1-26-15-8-6-13-7-9-18-20(19(13)12-15)10-14-11-21(23(24)25)16-4-2-3-5-17(16)22(14)18/h2-9,11-12H,10H2,1H3. The van der Waals surface area contributed by atoms with Gasteiger partial charge in [-0.2, -0.15) is 0 Å². The molecule has 0 saturated heterocycles. The maximum absolute atomic E-state index is 11.6. The van der Waals surface area contributed by atoms with Crippen LogP contribution in [-0.4, -0.2) is 12.0 Å². The van der Waals surface area contributed by atoms with Crippen molar-refractivity contribution in [2.24, 2.45) is 0 Å². The SMILES string of the molecule is COc1ccc2ccc3c(c2c1)Cc1cc([N+](=O)[O-])c2ccccc2c1-3. The summed E-state index contributed by atoms with van der Waals surface area (Å²) in [6.07, 6.45) is 0.695. The zero-order valence-corrected chi connectivity index (χ0v) is 14.2. The summed E-state index contributed by atoms with van der Waals surface area (Å²) in [6, 6.07) is 19.6. The van der Waals surface area contributed by atoms with Gasteiger partial charge in [0, 0.05) is 6.07 Å². The Morgan fingerprint density at radius 1 is 0.962 bits per heavy atom. The molecular weight excluding hydrogens is 326 g/mol. The summed E-state index contributed by atoms with van der Waals surface area (Å²) in [5.74, 6) is 0.817. The molecule has 4 heteroatoms. The molecule has 1 aliphatic carbocycles. The van der Waals surface area contributed by atoms with Gasteiger partial charge in [-0.25, -0.2) is 0 Å². The molecule has 0 unspecified atom stereocenters. The molecule has 0 aromatic heterocycles. The molecule has 0 heterocycles. The lowest BCUT2D eigenvalue weighted by atomic mass is 9.95. The Hall–Kier alpha value is -3.40. The molecule has 0 radical (unpaired) electrons. The molecule has 26 heavy (non-hydrogen) atoms. The van der Waals surface area contributed by atoms with Crippen LogP contribution in [0.3, 0.4) is 0 Å². The van der Waals surface area contributed by atoms with Crippen molar-refractivity contribution in [3.05, 3.63) is 81.9 Å². The minimum absolute atomic E-state index is 0.175. The van der Waals surface area contributed by atoms with E-state index in [0.717, 1.165) is 38.6 Å². The van der Waals surface area contributed by atoms with E-state index in [4.69, 9.17) is 4.74 Å². The summed E-state index contributed by atoms with van der Waals surface area (Å²) in [6.45, 7) is 0. The molecule has 0 atom stereocenters. The largest absolute Gasteiger partial charge is 0.497 e. The minimum atomic E-state index is -0.285. The molecule has 4 aromatic rings. The molecular formula is C22H15NO3. The fourth-order valence-corrected chi connectivity index (χ4v) is 4.12. The zero-order chi connectivity index (χ0) is 17.8. The Kier molecular flexibility index (Phi) is 3.04. The lowest BCUT2D eigenvalue weighted by Crippen LogP contribution is -1.93. The van der Waals surface area contributed by atoms with Crippen molar-refractivity contribution in [2.75, 3.05) is 7.11 Å². The number of rotatable bonds is 2. The van der Waals surface area contributed by atoms with Gasteiger partial charge in [-0.3, -0.25) is 10.1 Å². The van der Waals surface area contributed by atoms with E-state index in [2.05, 4.69) is 24.3 Å². The highest BCUT2D eigenvalue weighted by Crippen LogP contribution is 2.46. The van der Waals surface area contributed by atoms with Crippen LogP contribution in [0.5, 0.6) is 5.75 Å². The van der Waals surface area contributed by atoms with Gasteiger partial charge in [0.05, 0.1) is 17.4 Å². The molecule has 0 fully saturated rings. The Bertz CT molecular complexity index is 1230. The second-order valence-corrected chi connectivity index (χ2v) is 6.59. The topological polar surface area (TPSA) is 52.4 Å². The second kappa shape index (κ2) is 5.30. The molecule has 0 N–H and O–H groups in total. The number of fused-ring (bicyclic) bond motifs is 7. The van der Waals surface area contributed by atoms with Crippen molar-refractivity contribution in [1.82, 2.24) is 0 Å². The monoisotopic (exact) mass is 341 g/mol. The van der Waals surface area contributed by atoms with Crippen LogP contribution in [0.2, 0.25) is 0 Å². The number of ether oxygens (including phenoxy) is 1. The van der Waals surface area contributed by atoms with Crippen molar-refractivity contribution < 1.29 is 9.66 Å². The number of nitro groups is 1. The summed E-state index contributed by atoms with van der Waals surface area (Å²) in [4.78, 5) is 11.3. The average molecular weight is 341 g/mol. The number of non-ortho nitro benzene ring substituents is 1. The van der Waals surface area contributed by atoms with Crippen molar-refractivity contribution in [2.45, 2.75) is 6.42 Å². The Morgan fingerprint density at radius 2 is 1.73 bits per heavy atom. The van der Waals surface area contributed by atoms with Gasteiger partial charge in [-0.05, 0) is 63.0 Å². The summed E-state index contributed by atoms with van der Waals surface area (Å²) in [5.41, 5.74) is 4.68. The van der Waals surface area contributed by atoms with Gasteiger partial charge in [0.1, 0.15) is 5.75 Å². The first-order valence-corrected chi connectivity index (χ1v) is 8.46. The summed E-state index contributed by atoms with van der Waals surface area (Å²) in [5, 5.41) is 15.5. The van der Waals surface area contributed by atoms with Crippen LogP contribution in [0, 0.1) is 10.1 Å². The minimum Gasteiger partial charge on any atom is -0.497 e. The maximum Gasteiger partial charge on any atom is 0.277 e. The first kappa shape index (κ1) is 14.9. The highest BCUT2D eigenvalue weighted by atomic mass is 16.6. The maximum atomic E-state index is 11.6. The Labute approximate surface area is 149 Å². The smallest absolute Gasteiger partial charge is 0.277 e. The van der Waals surface area contributed by atoms with Crippen LogP contribution in [0.1, 0.15) is 11.1 Å². The number of hydrogen-bond donors (Lipinski definition) is 0. The van der Waals surface area contributed by atoms with Gasteiger partial charge in [0.25, 0.3) is 5.69 Å². The van der Waals surface area contributed by atoms with E-state index < -0.39 is 0 Å². The van der Waals surface area contributed by atoms with E-state index in [0.29, 0.717) is 11.8 Å². The molecule has 5 rings (SSSR count). The Morgan fingerprint density at radius 3 is 2.50 bits per heavy atom. The van der Waals surface area contributed by atoms with Crippen LogP contribution in [0.15, 0.2) is 60.7 Å². The van der Waals surface area contributed by atoms with Gasteiger partial charge in [0.2, 0.25) is 0 Å². The van der Waals surface area contributed by atoms with E-state index >= 15 is 0 Å². The first-order chi connectivity index (χ1) is 12.7. The van der Waals surface area contributed by atoms with E-state index in [1.54, 1.807) is 13.2 Å². The van der Waals surface area contributed by atoms with Crippen molar-refractivity contribution in [1.29, 1.82) is 0 Å². The highest BCUT2D eigenvalue weighted by Gasteiger charge is 2.27. The van der Waals surface area contributed by atoms with Crippen LogP contribution in [-0.2, 0) is 6.42 Å². The van der Waals surface area contributed by atoms with Crippen LogP contribution >= 0.6 is 0 Å². The van der Waals surface area contributed by atoms with Crippen LogP contribution < -0.4 is 4.74 Å². The molecule has 0 spiro atoms. The van der Waals surface area contributed by atoms with Gasteiger partial charge < -0.3 is 4.74 Å². The molecule has 0 saturated carbocycles.